The highest BCUT2D eigenvalue weighted by molar-refractivity contribution is 6.14. The summed E-state index contributed by atoms with van der Waals surface area (Å²) in [6, 6.07) is 12.3. The second-order valence-electron chi connectivity index (χ2n) is 5.82. The molecule has 6 nitrogen and oxygen atoms in total. The summed E-state index contributed by atoms with van der Waals surface area (Å²) in [4.78, 5) is 29.2. The number of ether oxygens (including phenoxy) is 1. The number of aryl methyl sites for hydroxylation is 1. The smallest absolute Gasteiger partial charge is 0.256 e. The lowest BCUT2D eigenvalue weighted by Crippen LogP contribution is -2.21. The van der Waals surface area contributed by atoms with E-state index in [1.807, 2.05) is 13.0 Å². The SMILES string of the molecule is CNC(=O)c1cc(C)ccc1NC(=O)c1ccnc2cc(OC)ccc12. The zero-order valence-corrected chi connectivity index (χ0v) is 14.8. The number of nitrogens with one attached hydrogen (secondary N) is 2. The molecule has 1 heterocycles. The standard InChI is InChI=1S/C20H19N3O3/c1-12-4-7-17(16(10-12)19(24)21-2)23-20(25)15-8-9-22-18-11-13(26-3)5-6-14(15)18/h4-11H,1-3H3,(H,21,24)(H,23,25). The molecule has 3 rings (SSSR count). The lowest BCUT2D eigenvalue weighted by atomic mass is 10.1. The molecule has 2 amide bonds. The van der Waals surface area contributed by atoms with Crippen molar-refractivity contribution in [1.82, 2.24) is 10.3 Å². The van der Waals surface area contributed by atoms with E-state index in [0.29, 0.717) is 33.5 Å². The van der Waals surface area contributed by atoms with Gasteiger partial charge in [0.15, 0.2) is 0 Å². The maximum Gasteiger partial charge on any atom is 0.256 e. The van der Waals surface area contributed by atoms with Gasteiger partial charge < -0.3 is 15.4 Å². The second-order valence-corrected chi connectivity index (χ2v) is 5.82. The number of carbonyl (C=O) groups excluding carboxylic acids is 2. The second kappa shape index (κ2) is 7.23. The Labute approximate surface area is 151 Å². The molecule has 6 heteroatoms. The highest BCUT2D eigenvalue weighted by Crippen LogP contribution is 2.24. The number of hydrogen-bond acceptors (Lipinski definition) is 4. The molecule has 0 aliphatic carbocycles. The van der Waals surface area contributed by atoms with E-state index in [9.17, 15) is 9.59 Å². The van der Waals surface area contributed by atoms with Gasteiger partial charge >= 0.3 is 0 Å². The topological polar surface area (TPSA) is 80.3 Å². The molecule has 2 aromatic carbocycles. The summed E-state index contributed by atoms with van der Waals surface area (Å²) >= 11 is 0. The Kier molecular flexibility index (Phi) is 4.84. The van der Waals surface area contributed by atoms with Crippen LogP contribution in [0.3, 0.4) is 0 Å². The lowest BCUT2D eigenvalue weighted by Gasteiger charge is -2.12. The van der Waals surface area contributed by atoms with Gasteiger partial charge in [0.25, 0.3) is 11.8 Å². The first-order chi connectivity index (χ1) is 12.5. The molecule has 0 bridgehead atoms. The summed E-state index contributed by atoms with van der Waals surface area (Å²) in [5.74, 6) is 0.105. The summed E-state index contributed by atoms with van der Waals surface area (Å²) in [5.41, 5.74) is 2.94. The Hall–Kier alpha value is -3.41. The lowest BCUT2D eigenvalue weighted by molar-refractivity contribution is 0.0964. The molecule has 0 saturated carbocycles. The van der Waals surface area contributed by atoms with Gasteiger partial charge in [-0.1, -0.05) is 11.6 Å². The van der Waals surface area contributed by atoms with Gasteiger partial charge in [-0.05, 0) is 37.3 Å². The van der Waals surface area contributed by atoms with E-state index in [-0.39, 0.29) is 11.8 Å². The normalized spacial score (nSPS) is 10.4. The van der Waals surface area contributed by atoms with Gasteiger partial charge in [0.05, 0.1) is 29.4 Å². The molecule has 1 aromatic heterocycles. The van der Waals surface area contributed by atoms with Crippen molar-refractivity contribution in [2.45, 2.75) is 6.92 Å². The summed E-state index contributed by atoms with van der Waals surface area (Å²) < 4.78 is 5.20. The van der Waals surface area contributed by atoms with Gasteiger partial charge in [0.2, 0.25) is 0 Å². The van der Waals surface area contributed by atoms with Gasteiger partial charge in [-0.25, -0.2) is 0 Å². The van der Waals surface area contributed by atoms with Crippen molar-refractivity contribution in [2.75, 3.05) is 19.5 Å². The van der Waals surface area contributed by atoms with E-state index in [0.717, 1.165) is 5.56 Å². The molecule has 0 unspecified atom stereocenters. The molecule has 0 aliphatic heterocycles. The number of carbonyl (C=O) groups is 2. The fraction of sp³-hybridized carbons (Fsp3) is 0.150. The van der Waals surface area contributed by atoms with Crippen LogP contribution in [0.5, 0.6) is 5.75 Å². The predicted molar refractivity (Wildman–Crippen MR) is 101 cm³/mol. The van der Waals surface area contributed by atoms with E-state index in [1.165, 1.54) is 0 Å². The van der Waals surface area contributed by atoms with Crippen molar-refractivity contribution in [3.05, 3.63) is 65.4 Å². The predicted octanol–water partition coefficient (Wildman–Crippen LogP) is 3.16. The fourth-order valence-electron chi connectivity index (χ4n) is 2.73. The third kappa shape index (κ3) is 3.35. The molecule has 0 fully saturated rings. The van der Waals surface area contributed by atoms with Crippen molar-refractivity contribution in [1.29, 1.82) is 0 Å². The van der Waals surface area contributed by atoms with Crippen molar-refractivity contribution >= 4 is 28.4 Å². The number of benzene rings is 2. The van der Waals surface area contributed by atoms with Crippen LogP contribution in [0.25, 0.3) is 10.9 Å². The monoisotopic (exact) mass is 349 g/mol. The van der Waals surface area contributed by atoms with E-state index < -0.39 is 0 Å². The van der Waals surface area contributed by atoms with Crippen molar-refractivity contribution in [3.8, 4) is 5.75 Å². The molecule has 0 radical (unpaired) electrons. The molecule has 0 saturated heterocycles. The summed E-state index contributed by atoms with van der Waals surface area (Å²) in [6.07, 6.45) is 1.57. The van der Waals surface area contributed by atoms with Gasteiger partial charge in [0, 0.05) is 24.7 Å². The quantitative estimate of drug-likeness (QED) is 0.758. The van der Waals surface area contributed by atoms with Gasteiger partial charge in [-0.2, -0.15) is 0 Å². The van der Waals surface area contributed by atoms with E-state index >= 15 is 0 Å². The first-order valence-corrected chi connectivity index (χ1v) is 8.10. The van der Waals surface area contributed by atoms with Crippen LogP contribution < -0.4 is 15.4 Å². The van der Waals surface area contributed by atoms with Crippen LogP contribution in [-0.2, 0) is 0 Å². The Morgan fingerprint density at radius 2 is 1.81 bits per heavy atom. The minimum atomic E-state index is -0.309. The number of pyridine rings is 1. The first-order valence-electron chi connectivity index (χ1n) is 8.10. The Balaban J connectivity index is 1.99. The minimum Gasteiger partial charge on any atom is -0.497 e. The molecular formula is C20H19N3O3. The molecule has 0 aliphatic rings. The summed E-state index contributed by atoms with van der Waals surface area (Å²) in [6.45, 7) is 1.89. The number of fused-ring (bicyclic) bond motifs is 1. The third-order valence-corrected chi connectivity index (χ3v) is 4.09. The van der Waals surface area contributed by atoms with Crippen LogP contribution in [0.1, 0.15) is 26.3 Å². The van der Waals surface area contributed by atoms with Crippen LogP contribution in [0, 0.1) is 6.92 Å². The Morgan fingerprint density at radius 3 is 2.54 bits per heavy atom. The zero-order chi connectivity index (χ0) is 18.7. The van der Waals surface area contributed by atoms with Crippen molar-refractivity contribution < 1.29 is 14.3 Å². The number of amides is 2. The zero-order valence-electron chi connectivity index (χ0n) is 14.8. The maximum atomic E-state index is 12.8. The molecule has 2 N–H and O–H groups in total. The van der Waals surface area contributed by atoms with Gasteiger partial charge in [-0.3, -0.25) is 14.6 Å². The highest BCUT2D eigenvalue weighted by Gasteiger charge is 2.16. The van der Waals surface area contributed by atoms with Crippen molar-refractivity contribution in [3.63, 3.8) is 0 Å². The number of methoxy groups -OCH3 is 1. The first kappa shape index (κ1) is 17.4. The summed E-state index contributed by atoms with van der Waals surface area (Å²) in [7, 11) is 3.13. The van der Waals surface area contributed by atoms with Crippen LogP contribution in [-0.4, -0.2) is 31.0 Å². The fourth-order valence-corrected chi connectivity index (χ4v) is 2.73. The molecule has 26 heavy (non-hydrogen) atoms. The Morgan fingerprint density at radius 1 is 1.00 bits per heavy atom. The van der Waals surface area contributed by atoms with Crippen LogP contribution in [0.15, 0.2) is 48.7 Å². The average Bonchev–Trinajstić information content (AvgIpc) is 2.67. The number of nitrogens with zero attached hydrogens (tertiary/aromatic N) is 1. The summed E-state index contributed by atoms with van der Waals surface area (Å²) in [5, 5.41) is 6.13. The minimum absolute atomic E-state index is 0.256. The van der Waals surface area contributed by atoms with Crippen LogP contribution in [0.4, 0.5) is 5.69 Å². The molecular weight excluding hydrogens is 330 g/mol. The largest absolute Gasteiger partial charge is 0.497 e. The highest BCUT2D eigenvalue weighted by atomic mass is 16.5. The maximum absolute atomic E-state index is 12.8. The van der Waals surface area contributed by atoms with Crippen LogP contribution in [0.2, 0.25) is 0 Å². The molecule has 0 spiro atoms. The van der Waals surface area contributed by atoms with Gasteiger partial charge in [-0.15, -0.1) is 0 Å². The van der Waals surface area contributed by atoms with E-state index in [1.54, 1.807) is 56.8 Å². The number of aromatic nitrogens is 1. The molecule has 132 valence electrons. The van der Waals surface area contributed by atoms with E-state index in [2.05, 4.69) is 15.6 Å². The van der Waals surface area contributed by atoms with E-state index in [4.69, 9.17) is 4.74 Å². The van der Waals surface area contributed by atoms with Crippen molar-refractivity contribution in [2.24, 2.45) is 0 Å². The number of hydrogen-bond donors (Lipinski definition) is 2. The average molecular weight is 349 g/mol. The van der Waals surface area contributed by atoms with Crippen LogP contribution >= 0.6 is 0 Å². The molecule has 0 atom stereocenters. The third-order valence-electron chi connectivity index (χ3n) is 4.09. The number of anilines is 1. The number of rotatable bonds is 4. The molecule has 3 aromatic rings. The Bertz CT molecular complexity index is 999. The van der Waals surface area contributed by atoms with Gasteiger partial charge in [0.1, 0.15) is 5.75 Å².